The Bertz CT molecular complexity index is 97.3. The molecule has 0 radical (unpaired) electrons. The van der Waals surface area contributed by atoms with Gasteiger partial charge in [0, 0.05) is 13.1 Å². The second-order valence-corrected chi connectivity index (χ2v) is 2.56. The maximum absolute atomic E-state index is 8.56. The van der Waals surface area contributed by atoms with Crippen LogP contribution in [0.15, 0.2) is 0 Å². The van der Waals surface area contributed by atoms with E-state index in [1.165, 1.54) is 0 Å². The topological polar surface area (TPSA) is 68.3 Å². The smallest absolute Gasteiger partial charge is 0.135 e. The average molecular weight is 176 g/mol. The lowest BCUT2D eigenvalue weighted by Gasteiger charge is -2.33. The molecule has 0 rings (SSSR count). The van der Waals surface area contributed by atoms with Gasteiger partial charge in [0.2, 0.25) is 0 Å². The summed E-state index contributed by atoms with van der Waals surface area (Å²) >= 11 is 0. The highest BCUT2D eigenvalue weighted by molar-refractivity contribution is 4.80. The van der Waals surface area contributed by atoms with Gasteiger partial charge in [-0.2, -0.15) is 0 Å². The van der Waals surface area contributed by atoms with Gasteiger partial charge in [-0.05, 0) is 21.1 Å². The zero-order valence-electron chi connectivity index (χ0n) is 8.07. The Morgan fingerprint density at radius 2 is 1.58 bits per heavy atom. The molecular weight excluding hydrogens is 156 g/mol. The van der Waals surface area contributed by atoms with Crippen LogP contribution in [0.2, 0.25) is 0 Å². The van der Waals surface area contributed by atoms with Crippen molar-refractivity contribution in [2.45, 2.75) is 5.79 Å². The van der Waals surface area contributed by atoms with Gasteiger partial charge in [-0.1, -0.05) is 0 Å². The van der Waals surface area contributed by atoms with E-state index in [0.29, 0.717) is 13.1 Å². The van der Waals surface area contributed by atoms with Crippen molar-refractivity contribution in [3.05, 3.63) is 0 Å². The van der Waals surface area contributed by atoms with E-state index in [1.54, 1.807) is 0 Å². The highest BCUT2D eigenvalue weighted by atomic mass is 16.3. The maximum Gasteiger partial charge on any atom is 0.135 e. The Labute approximate surface area is 73.9 Å². The summed E-state index contributed by atoms with van der Waals surface area (Å²) < 4.78 is 0. The molecule has 5 nitrogen and oxygen atoms in total. The molecule has 0 unspecified atom stereocenters. The predicted octanol–water partition coefficient (Wildman–Crippen LogP) is -2.12. The minimum atomic E-state index is -0.296. The van der Waals surface area contributed by atoms with Crippen LogP contribution < -0.4 is 21.3 Å². The Morgan fingerprint density at radius 3 is 1.92 bits per heavy atom. The van der Waals surface area contributed by atoms with E-state index in [4.69, 9.17) is 5.11 Å². The summed E-state index contributed by atoms with van der Waals surface area (Å²) in [7, 11) is 5.61. The number of aliphatic hydroxyl groups is 1. The van der Waals surface area contributed by atoms with Gasteiger partial charge in [-0.25, -0.2) is 0 Å². The van der Waals surface area contributed by atoms with Crippen molar-refractivity contribution in [2.75, 3.05) is 40.8 Å². The van der Waals surface area contributed by atoms with Crippen molar-refractivity contribution in [1.82, 2.24) is 21.3 Å². The maximum atomic E-state index is 8.56. The fourth-order valence-corrected chi connectivity index (χ4v) is 0.995. The quantitative estimate of drug-likeness (QED) is 0.227. The SMILES string of the molecule is CNC(CNCCO)(NC)NC. The Morgan fingerprint density at radius 1 is 1.08 bits per heavy atom. The molecule has 0 spiro atoms. The molecule has 0 aromatic rings. The van der Waals surface area contributed by atoms with Crippen molar-refractivity contribution < 1.29 is 5.11 Å². The van der Waals surface area contributed by atoms with Crippen LogP contribution in [0.4, 0.5) is 0 Å². The molecule has 0 aliphatic rings. The predicted molar refractivity (Wildman–Crippen MR) is 49.9 cm³/mol. The van der Waals surface area contributed by atoms with E-state index in [-0.39, 0.29) is 12.4 Å². The van der Waals surface area contributed by atoms with Crippen molar-refractivity contribution in [3.63, 3.8) is 0 Å². The molecule has 0 aromatic heterocycles. The van der Waals surface area contributed by atoms with Crippen LogP contribution in [-0.4, -0.2) is 51.7 Å². The highest BCUT2D eigenvalue weighted by Gasteiger charge is 2.21. The number of hydrogen-bond acceptors (Lipinski definition) is 5. The molecule has 0 atom stereocenters. The van der Waals surface area contributed by atoms with Crippen LogP contribution in [0.5, 0.6) is 0 Å². The molecule has 0 amide bonds. The van der Waals surface area contributed by atoms with Crippen LogP contribution in [0, 0.1) is 0 Å². The van der Waals surface area contributed by atoms with Gasteiger partial charge in [0.25, 0.3) is 0 Å². The zero-order chi connectivity index (χ0) is 9.45. The van der Waals surface area contributed by atoms with Crippen molar-refractivity contribution in [1.29, 1.82) is 0 Å². The molecule has 5 heteroatoms. The molecule has 74 valence electrons. The van der Waals surface area contributed by atoms with Gasteiger partial charge >= 0.3 is 0 Å². The first-order valence-corrected chi connectivity index (χ1v) is 4.13. The van der Waals surface area contributed by atoms with E-state index < -0.39 is 0 Å². The highest BCUT2D eigenvalue weighted by Crippen LogP contribution is 1.88. The van der Waals surface area contributed by atoms with E-state index in [1.807, 2.05) is 21.1 Å². The van der Waals surface area contributed by atoms with E-state index in [0.717, 1.165) is 0 Å². The van der Waals surface area contributed by atoms with E-state index in [9.17, 15) is 0 Å². The largest absolute Gasteiger partial charge is 0.395 e. The molecular formula is C7H20N4O. The van der Waals surface area contributed by atoms with Gasteiger partial charge in [-0.3, -0.25) is 16.0 Å². The standard InChI is InChI=1S/C7H20N4O/c1-8-7(9-2,10-3)6-11-4-5-12/h8-12H,4-6H2,1-3H3. The summed E-state index contributed by atoms with van der Waals surface area (Å²) in [5, 5.41) is 21.0. The fourth-order valence-electron chi connectivity index (χ4n) is 0.995. The molecule has 12 heavy (non-hydrogen) atoms. The van der Waals surface area contributed by atoms with Crippen molar-refractivity contribution >= 4 is 0 Å². The van der Waals surface area contributed by atoms with Gasteiger partial charge in [0.15, 0.2) is 0 Å². The van der Waals surface area contributed by atoms with E-state index in [2.05, 4.69) is 21.3 Å². The number of aliphatic hydroxyl groups excluding tert-OH is 1. The zero-order valence-corrected chi connectivity index (χ0v) is 8.07. The first kappa shape index (κ1) is 11.8. The van der Waals surface area contributed by atoms with Gasteiger partial charge < -0.3 is 10.4 Å². The van der Waals surface area contributed by atoms with Gasteiger partial charge in [0.05, 0.1) is 6.61 Å². The molecule has 0 saturated heterocycles. The first-order chi connectivity index (χ1) is 5.74. The van der Waals surface area contributed by atoms with Crippen LogP contribution in [-0.2, 0) is 0 Å². The molecule has 5 N–H and O–H groups in total. The number of likely N-dealkylation sites (N-methyl/N-ethyl adjacent to an activating group) is 3. The third kappa shape index (κ3) is 3.46. The number of nitrogens with one attached hydrogen (secondary N) is 4. The second-order valence-electron chi connectivity index (χ2n) is 2.56. The molecule has 0 aliphatic heterocycles. The molecule has 0 saturated carbocycles. The lowest BCUT2D eigenvalue weighted by molar-refractivity contribution is 0.223. The summed E-state index contributed by atoms with van der Waals surface area (Å²) in [6.45, 7) is 1.47. The van der Waals surface area contributed by atoms with Crippen LogP contribution in [0.3, 0.4) is 0 Å². The summed E-state index contributed by atoms with van der Waals surface area (Å²) in [6.07, 6.45) is 0. The summed E-state index contributed by atoms with van der Waals surface area (Å²) in [4.78, 5) is 0. The molecule has 0 aliphatic carbocycles. The molecule has 0 aromatic carbocycles. The van der Waals surface area contributed by atoms with Crippen molar-refractivity contribution in [3.8, 4) is 0 Å². The summed E-state index contributed by atoms with van der Waals surface area (Å²) in [5.41, 5.74) is 0. The molecule has 0 fully saturated rings. The minimum Gasteiger partial charge on any atom is -0.395 e. The summed E-state index contributed by atoms with van der Waals surface area (Å²) in [5.74, 6) is -0.296. The normalized spacial score (nSPS) is 12.0. The van der Waals surface area contributed by atoms with Gasteiger partial charge in [0.1, 0.15) is 5.79 Å². The van der Waals surface area contributed by atoms with Crippen LogP contribution in [0.1, 0.15) is 0 Å². The lowest BCUT2D eigenvalue weighted by Crippen LogP contribution is -2.68. The number of rotatable bonds is 7. The number of hydrogen-bond donors (Lipinski definition) is 5. The van der Waals surface area contributed by atoms with E-state index >= 15 is 0 Å². The van der Waals surface area contributed by atoms with Crippen LogP contribution >= 0.6 is 0 Å². The third-order valence-electron chi connectivity index (χ3n) is 1.96. The van der Waals surface area contributed by atoms with Crippen LogP contribution in [0.25, 0.3) is 0 Å². The Balaban J connectivity index is 3.76. The summed E-state index contributed by atoms with van der Waals surface area (Å²) in [6, 6.07) is 0. The fraction of sp³-hybridized carbons (Fsp3) is 1.00. The van der Waals surface area contributed by atoms with Crippen molar-refractivity contribution in [2.24, 2.45) is 0 Å². The molecule has 0 heterocycles. The monoisotopic (exact) mass is 176 g/mol. The Kier molecular flexibility index (Phi) is 6.23. The minimum absolute atomic E-state index is 0.160. The first-order valence-electron chi connectivity index (χ1n) is 4.13. The molecule has 0 bridgehead atoms. The van der Waals surface area contributed by atoms with Gasteiger partial charge in [-0.15, -0.1) is 0 Å². The average Bonchev–Trinajstić information content (AvgIpc) is 2.14. The second kappa shape index (κ2) is 6.33. The third-order valence-corrected chi connectivity index (χ3v) is 1.96. The Hall–Kier alpha value is -0.200. The lowest BCUT2D eigenvalue weighted by atomic mass is 10.3.